The molecule has 0 amide bonds. The average molecular weight is 322 g/mol. The van der Waals surface area contributed by atoms with Gasteiger partial charge in [0.05, 0.1) is 23.9 Å². The minimum absolute atomic E-state index is 0.418. The lowest BCUT2D eigenvalue weighted by Crippen LogP contribution is -2.13. The summed E-state index contributed by atoms with van der Waals surface area (Å²) >= 11 is 0. The molecule has 0 bridgehead atoms. The average Bonchev–Trinajstić information content (AvgIpc) is 2.92. The van der Waals surface area contributed by atoms with Gasteiger partial charge < -0.3 is 9.84 Å². The van der Waals surface area contributed by atoms with Crippen LogP contribution in [0.3, 0.4) is 0 Å². The van der Waals surface area contributed by atoms with Crippen LogP contribution in [-0.4, -0.2) is 21.0 Å². The highest BCUT2D eigenvalue weighted by molar-refractivity contribution is 5.87. The van der Waals surface area contributed by atoms with Crippen LogP contribution in [0.5, 0.6) is 5.75 Å². The molecule has 0 radical (unpaired) electrons. The van der Waals surface area contributed by atoms with E-state index in [1.165, 1.54) is 10.9 Å². The molecule has 1 aliphatic rings. The molecule has 0 fully saturated rings. The molecule has 0 spiro atoms. The van der Waals surface area contributed by atoms with Gasteiger partial charge in [0.15, 0.2) is 0 Å². The molecule has 4 nitrogen and oxygen atoms in total. The van der Waals surface area contributed by atoms with Crippen molar-refractivity contribution >= 4 is 10.9 Å². The van der Waals surface area contributed by atoms with Gasteiger partial charge in [0.25, 0.3) is 0 Å². The van der Waals surface area contributed by atoms with Crippen molar-refractivity contribution in [2.45, 2.75) is 45.4 Å². The van der Waals surface area contributed by atoms with E-state index >= 15 is 0 Å². The highest BCUT2D eigenvalue weighted by Crippen LogP contribution is 2.33. The largest absolute Gasteiger partial charge is 0.489 e. The first kappa shape index (κ1) is 15.2. The third-order valence-corrected chi connectivity index (χ3v) is 4.53. The molecule has 0 saturated carbocycles. The number of nitrogens with zero attached hydrogens (tertiary/aromatic N) is 2. The minimum atomic E-state index is -0.418. The van der Waals surface area contributed by atoms with Crippen LogP contribution < -0.4 is 4.74 Å². The molecular weight excluding hydrogens is 300 g/mol. The van der Waals surface area contributed by atoms with Crippen molar-refractivity contribution < 1.29 is 9.84 Å². The molecular formula is C20H22N2O2. The van der Waals surface area contributed by atoms with Crippen LogP contribution in [-0.2, 0) is 26.0 Å². The molecule has 24 heavy (non-hydrogen) atoms. The Kier molecular flexibility index (Phi) is 3.98. The summed E-state index contributed by atoms with van der Waals surface area (Å²) in [5, 5.41) is 15.7. The SMILES string of the molecule is CC(O)Cn1nc2c3c(cc(OCc4ccccc4)cc31)CCC2. The number of ether oxygens (including phenoxy) is 1. The van der Waals surface area contributed by atoms with Gasteiger partial charge in [-0.3, -0.25) is 4.68 Å². The van der Waals surface area contributed by atoms with Gasteiger partial charge in [-0.15, -0.1) is 0 Å². The van der Waals surface area contributed by atoms with Crippen molar-refractivity contribution in [3.8, 4) is 5.75 Å². The number of aliphatic hydroxyl groups is 1. The normalized spacial score (nSPS) is 14.8. The van der Waals surface area contributed by atoms with E-state index in [0.29, 0.717) is 13.2 Å². The molecule has 4 heteroatoms. The van der Waals surface area contributed by atoms with Crippen LogP contribution in [0.25, 0.3) is 10.9 Å². The molecule has 1 unspecified atom stereocenters. The Labute approximate surface area is 141 Å². The fourth-order valence-electron chi connectivity index (χ4n) is 3.48. The fourth-order valence-corrected chi connectivity index (χ4v) is 3.48. The van der Waals surface area contributed by atoms with Gasteiger partial charge >= 0.3 is 0 Å². The number of aryl methyl sites for hydroxylation is 2. The minimum Gasteiger partial charge on any atom is -0.489 e. The van der Waals surface area contributed by atoms with Crippen LogP contribution in [0.4, 0.5) is 0 Å². The number of rotatable bonds is 5. The molecule has 1 atom stereocenters. The summed E-state index contributed by atoms with van der Waals surface area (Å²) in [6.45, 7) is 2.87. The van der Waals surface area contributed by atoms with E-state index in [1.54, 1.807) is 6.92 Å². The summed E-state index contributed by atoms with van der Waals surface area (Å²) in [6.07, 6.45) is 2.78. The molecule has 1 aromatic heterocycles. The van der Waals surface area contributed by atoms with Gasteiger partial charge in [0.2, 0.25) is 0 Å². The van der Waals surface area contributed by atoms with Crippen molar-refractivity contribution in [2.24, 2.45) is 0 Å². The first-order valence-electron chi connectivity index (χ1n) is 8.58. The Morgan fingerprint density at radius 2 is 2.04 bits per heavy atom. The van der Waals surface area contributed by atoms with E-state index in [9.17, 15) is 5.11 Å². The first-order chi connectivity index (χ1) is 11.7. The number of hydrogen-bond acceptors (Lipinski definition) is 3. The Hall–Kier alpha value is -2.33. The second-order valence-corrected chi connectivity index (χ2v) is 6.58. The third kappa shape index (κ3) is 2.89. The van der Waals surface area contributed by atoms with Crippen molar-refractivity contribution in [2.75, 3.05) is 0 Å². The molecule has 3 aromatic rings. The molecule has 1 aliphatic carbocycles. The lowest BCUT2D eigenvalue weighted by molar-refractivity contribution is 0.170. The first-order valence-corrected chi connectivity index (χ1v) is 8.58. The van der Waals surface area contributed by atoms with Crippen LogP contribution >= 0.6 is 0 Å². The van der Waals surface area contributed by atoms with Gasteiger partial charge in [-0.2, -0.15) is 5.10 Å². The Balaban J connectivity index is 1.69. The monoisotopic (exact) mass is 322 g/mol. The zero-order valence-corrected chi connectivity index (χ0v) is 13.9. The van der Waals surface area contributed by atoms with Crippen molar-refractivity contribution in [3.63, 3.8) is 0 Å². The lowest BCUT2D eigenvalue weighted by atomic mass is 9.94. The van der Waals surface area contributed by atoms with E-state index in [4.69, 9.17) is 9.84 Å². The highest BCUT2D eigenvalue weighted by Gasteiger charge is 2.20. The summed E-state index contributed by atoms with van der Waals surface area (Å²) in [6, 6.07) is 14.4. The molecule has 124 valence electrons. The topological polar surface area (TPSA) is 47.3 Å². The summed E-state index contributed by atoms with van der Waals surface area (Å²) in [4.78, 5) is 0. The van der Waals surface area contributed by atoms with E-state index in [0.717, 1.165) is 41.8 Å². The molecule has 2 aromatic carbocycles. The van der Waals surface area contributed by atoms with Crippen LogP contribution in [0.2, 0.25) is 0 Å². The summed E-state index contributed by atoms with van der Waals surface area (Å²) in [5.74, 6) is 0.876. The maximum atomic E-state index is 9.76. The number of benzene rings is 2. The smallest absolute Gasteiger partial charge is 0.122 e. The predicted molar refractivity (Wildman–Crippen MR) is 94.2 cm³/mol. The predicted octanol–water partition coefficient (Wildman–Crippen LogP) is 3.48. The van der Waals surface area contributed by atoms with Gasteiger partial charge in [0, 0.05) is 11.5 Å². The second-order valence-electron chi connectivity index (χ2n) is 6.58. The summed E-state index contributed by atoms with van der Waals surface area (Å²) in [5.41, 5.74) is 4.70. The van der Waals surface area contributed by atoms with E-state index in [-0.39, 0.29) is 0 Å². The zero-order valence-electron chi connectivity index (χ0n) is 13.9. The molecule has 0 saturated heterocycles. The van der Waals surface area contributed by atoms with E-state index in [2.05, 4.69) is 24.3 Å². The molecule has 4 rings (SSSR count). The van der Waals surface area contributed by atoms with E-state index < -0.39 is 6.10 Å². The Bertz CT molecular complexity index is 853. The van der Waals surface area contributed by atoms with Crippen LogP contribution in [0.15, 0.2) is 42.5 Å². The maximum absolute atomic E-state index is 9.76. The van der Waals surface area contributed by atoms with Gasteiger partial charge in [-0.05, 0) is 43.4 Å². The fraction of sp³-hybridized carbons (Fsp3) is 0.350. The van der Waals surface area contributed by atoms with Crippen molar-refractivity contribution in [3.05, 3.63) is 59.3 Å². The van der Waals surface area contributed by atoms with Crippen LogP contribution in [0, 0.1) is 0 Å². The number of aliphatic hydroxyl groups excluding tert-OH is 1. The molecule has 1 N–H and O–H groups in total. The quantitative estimate of drug-likeness (QED) is 0.782. The third-order valence-electron chi connectivity index (χ3n) is 4.53. The molecule has 1 heterocycles. The van der Waals surface area contributed by atoms with Gasteiger partial charge in [0.1, 0.15) is 12.4 Å². The Morgan fingerprint density at radius 3 is 2.83 bits per heavy atom. The van der Waals surface area contributed by atoms with Crippen molar-refractivity contribution in [1.82, 2.24) is 9.78 Å². The zero-order chi connectivity index (χ0) is 16.5. The highest BCUT2D eigenvalue weighted by atomic mass is 16.5. The van der Waals surface area contributed by atoms with E-state index in [1.807, 2.05) is 22.9 Å². The summed E-state index contributed by atoms with van der Waals surface area (Å²) in [7, 11) is 0. The second kappa shape index (κ2) is 6.29. The van der Waals surface area contributed by atoms with Crippen molar-refractivity contribution in [1.29, 1.82) is 0 Å². The number of aromatic nitrogens is 2. The summed E-state index contributed by atoms with van der Waals surface area (Å²) < 4.78 is 7.96. The Morgan fingerprint density at radius 1 is 1.21 bits per heavy atom. The number of hydrogen-bond donors (Lipinski definition) is 1. The molecule has 0 aliphatic heterocycles. The standard InChI is InChI=1S/C20H22N2O2/c1-14(23)12-22-19-11-17(24-13-15-6-3-2-4-7-15)10-16-8-5-9-18(21-22)20(16)19/h2-4,6-7,10-11,14,23H,5,8-9,12-13H2,1H3. The van der Waals surface area contributed by atoms with Gasteiger partial charge in [-0.25, -0.2) is 0 Å². The maximum Gasteiger partial charge on any atom is 0.122 e. The van der Waals surface area contributed by atoms with Gasteiger partial charge in [-0.1, -0.05) is 30.3 Å². The lowest BCUT2D eigenvalue weighted by Gasteiger charge is -2.14. The van der Waals surface area contributed by atoms with Crippen LogP contribution in [0.1, 0.15) is 30.2 Å².